The number of rotatable bonds is 3. The quantitative estimate of drug-likeness (QED) is 0.591. The fraction of sp³-hybridized carbons (Fsp3) is 0. The molecule has 0 aliphatic heterocycles. The molecule has 1 N–H and O–H groups in total. The second-order valence-corrected chi connectivity index (χ2v) is 5.15. The van der Waals surface area contributed by atoms with Gasteiger partial charge in [0.05, 0.1) is 5.56 Å². The summed E-state index contributed by atoms with van der Waals surface area (Å²) in [7, 11) is 0. The summed E-state index contributed by atoms with van der Waals surface area (Å²) in [5.74, 6) is -0.938. The van der Waals surface area contributed by atoms with Crippen LogP contribution in [0.4, 0.5) is 0 Å². The van der Waals surface area contributed by atoms with Crippen molar-refractivity contribution in [2.45, 2.75) is 0 Å². The normalized spacial score (nSPS) is 11.0. The van der Waals surface area contributed by atoms with E-state index in [1.165, 1.54) is 24.3 Å². The summed E-state index contributed by atoms with van der Waals surface area (Å²) in [4.78, 5) is 23.7. The van der Waals surface area contributed by atoms with E-state index in [0.29, 0.717) is 0 Å². The zero-order valence-corrected chi connectivity index (χ0v) is 12.3. The van der Waals surface area contributed by atoms with E-state index in [0.717, 1.165) is 16.3 Å². The van der Waals surface area contributed by atoms with Crippen LogP contribution in [0.25, 0.3) is 16.8 Å². The molecule has 0 saturated heterocycles. The first-order chi connectivity index (χ1) is 11.1. The summed E-state index contributed by atoms with van der Waals surface area (Å²) >= 11 is 0. The number of carbonyl (C=O) groups excluding carboxylic acids is 1. The van der Waals surface area contributed by atoms with E-state index < -0.39 is 17.0 Å². The molecule has 0 radical (unpaired) electrons. The minimum atomic E-state index is -0.572. The highest BCUT2D eigenvalue weighted by molar-refractivity contribution is 6.08. The van der Waals surface area contributed by atoms with Gasteiger partial charge >= 0.3 is 0 Å². The van der Waals surface area contributed by atoms with Crippen LogP contribution < -0.4 is 5.43 Å². The Balaban J connectivity index is 1.93. The molecule has 0 bridgehead atoms. The molecule has 0 amide bonds. The molecule has 0 aliphatic carbocycles. The zero-order valence-electron chi connectivity index (χ0n) is 12.3. The zero-order chi connectivity index (χ0) is 16.2. The summed E-state index contributed by atoms with van der Waals surface area (Å²) < 4.78 is 0. The molecule has 3 rings (SSSR count). The van der Waals surface area contributed by atoms with E-state index >= 15 is 0 Å². The number of ketones is 1. The third kappa shape index (κ3) is 3.19. The number of fused-ring (bicyclic) bond motifs is 1. The average Bonchev–Trinajstić information content (AvgIpc) is 2.74. The molecule has 3 nitrogen and oxygen atoms in total. The number of hydrogen-bond donors (Lipinski definition) is 1. The molecule has 23 heavy (non-hydrogen) atoms. The Hall–Kier alpha value is -3.20. The Labute approximate surface area is 133 Å². The first kappa shape index (κ1) is 14.7. The van der Waals surface area contributed by atoms with Crippen molar-refractivity contribution < 1.29 is 9.90 Å². The smallest absolute Gasteiger partial charge is 0.220 e. The molecule has 0 fully saturated rings. The molecule has 3 aromatic rings. The summed E-state index contributed by atoms with van der Waals surface area (Å²) in [5.41, 5.74) is 0.300. The summed E-state index contributed by atoms with van der Waals surface area (Å²) in [5, 5.41) is 12.0. The van der Waals surface area contributed by atoms with E-state index in [9.17, 15) is 14.7 Å². The molecule has 0 saturated carbocycles. The largest absolute Gasteiger partial charge is 0.504 e. The molecular formula is C20H14O3. The lowest BCUT2D eigenvalue weighted by Crippen LogP contribution is -2.01. The van der Waals surface area contributed by atoms with Gasteiger partial charge in [0.2, 0.25) is 5.43 Å². The third-order valence-corrected chi connectivity index (χ3v) is 3.58. The van der Waals surface area contributed by atoms with Crippen molar-refractivity contribution in [1.29, 1.82) is 0 Å². The van der Waals surface area contributed by atoms with Crippen LogP contribution in [-0.4, -0.2) is 10.9 Å². The van der Waals surface area contributed by atoms with Crippen molar-refractivity contribution in [2.75, 3.05) is 0 Å². The average molecular weight is 302 g/mol. The second-order valence-electron chi connectivity index (χ2n) is 5.15. The van der Waals surface area contributed by atoms with Gasteiger partial charge in [-0.05, 0) is 40.6 Å². The van der Waals surface area contributed by atoms with Crippen molar-refractivity contribution >= 4 is 22.6 Å². The third-order valence-electron chi connectivity index (χ3n) is 3.58. The van der Waals surface area contributed by atoms with Gasteiger partial charge in [0.1, 0.15) is 0 Å². The highest BCUT2D eigenvalue weighted by Gasteiger charge is 2.09. The summed E-state index contributed by atoms with van der Waals surface area (Å²) in [6.45, 7) is 0. The van der Waals surface area contributed by atoms with Gasteiger partial charge < -0.3 is 5.11 Å². The van der Waals surface area contributed by atoms with Crippen molar-refractivity contribution in [1.82, 2.24) is 0 Å². The van der Waals surface area contributed by atoms with Crippen LogP contribution in [-0.2, 0) is 0 Å². The minimum absolute atomic E-state index is 0.00274. The predicted molar refractivity (Wildman–Crippen MR) is 91.7 cm³/mol. The molecular weight excluding hydrogens is 288 g/mol. The van der Waals surface area contributed by atoms with Gasteiger partial charge in [-0.15, -0.1) is 0 Å². The maximum absolute atomic E-state index is 12.2. The topological polar surface area (TPSA) is 54.4 Å². The summed E-state index contributed by atoms with van der Waals surface area (Å²) in [6, 6.07) is 19.5. The van der Waals surface area contributed by atoms with Crippen LogP contribution in [0.3, 0.4) is 0 Å². The highest BCUT2D eigenvalue weighted by Crippen LogP contribution is 2.17. The van der Waals surface area contributed by atoms with E-state index in [1.807, 2.05) is 42.5 Å². The van der Waals surface area contributed by atoms with Gasteiger partial charge in [0, 0.05) is 0 Å². The van der Waals surface area contributed by atoms with Gasteiger partial charge in [0.15, 0.2) is 11.5 Å². The van der Waals surface area contributed by atoms with E-state index in [-0.39, 0.29) is 5.56 Å². The standard InChI is InChI=1S/C20H14O3/c21-18(17-7-3-4-8-19(22)20(17)23)12-10-14-9-11-15-5-1-2-6-16(15)13-14/h1-13H,(H,22,23)/b12-10+. The Morgan fingerprint density at radius 2 is 1.57 bits per heavy atom. The summed E-state index contributed by atoms with van der Waals surface area (Å²) in [6.07, 6.45) is 3.03. The van der Waals surface area contributed by atoms with Crippen LogP contribution in [0.2, 0.25) is 0 Å². The Bertz CT molecular complexity index is 971. The molecule has 3 heteroatoms. The molecule has 0 aliphatic rings. The van der Waals surface area contributed by atoms with Crippen molar-refractivity contribution in [2.24, 2.45) is 0 Å². The first-order valence-electron chi connectivity index (χ1n) is 7.19. The second kappa shape index (κ2) is 6.28. The van der Waals surface area contributed by atoms with E-state index in [4.69, 9.17) is 0 Å². The molecule has 0 spiro atoms. The molecule has 112 valence electrons. The van der Waals surface area contributed by atoms with Crippen molar-refractivity contribution in [3.8, 4) is 5.75 Å². The van der Waals surface area contributed by atoms with Gasteiger partial charge in [-0.3, -0.25) is 9.59 Å². The van der Waals surface area contributed by atoms with E-state index in [2.05, 4.69) is 0 Å². The van der Waals surface area contributed by atoms with Crippen LogP contribution in [0, 0.1) is 0 Å². The van der Waals surface area contributed by atoms with Crippen molar-refractivity contribution in [3.63, 3.8) is 0 Å². The number of carbonyl (C=O) groups is 1. The van der Waals surface area contributed by atoms with E-state index in [1.54, 1.807) is 12.1 Å². The monoisotopic (exact) mass is 302 g/mol. The lowest BCUT2D eigenvalue weighted by Gasteiger charge is -1.99. The van der Waals surface area contributed by atoms with Crippen LogP contribution in [0.15, 0.2) is 77.6 Å². The number of benzene rings is 2. The van der Waals surface area contributed by atoms with Crippen LogP contribution >= 0.6 is 0 Å². The Morgan fingerprint density at radius 1 is 0.870 bits per heavy atom. The van der Waals surface area contributed by atoms with Crippen molar-refractivity contribution in [3.05, 3.63) is 94.2 Å². The molecule has 0 atom stereocenters. The van der Waals surface area contributed by atoms with Crippen LogP contribution in [0.5, 0.6) is 5.75 Å². The van der Waals surface area contributed by atoms with Crippen LogP contribution in [0.1, 0.15) is 15.9 Å². The number of hydrogen-bond acceptors (Lipinski definition) is 3. The highest BCUT2D eigenvalue weighted by atomic mass is 16.3. The minimum Gasteiger partial charge on any atom is -0.504 e. The predicted octanol–water partition coefficient (Wildman–Crippen LogP) is 3.80. The van der Waals surface area contributed by atoms with Gasteiger partial charge in [0.25, 0.3) is 0 Å². The molecule has 0 aromatic heterocycles. The Kier molecular flexibility index (Phi) is 4.02. The number of aromatic hydroxyl groups is 1. The number of allylic oxidation sites excluding steroid dienone is 1. The maximum atomic E-state index is 12.2. The fourth-order valence-corrected chi connectivity index (χ4v) is 2.36. The Morgan fingerprint density at radius 3 is 2.39 bits per heavy atom. The fourth-order valence-electron chi connectivity index (χ4n) is 2.36. The molecule has 0 heterocycles. The SMILES string of the molecule is O=C(/C=C/c1ccc2ccccc2c1)c1ccccc(=O)c1O. The lowest BCUT2D eigenvalue weighted by atomic mass is 10.1. The van der Waals surface area contributed by atoms with Gasteiger partial charge in [-0.1, -0.05) is 54.6 Å². The van der Waals surface area contributed by atoms with Gasteiger partial charge in [-0.25, -0.2) is 0 Å². The molecule has 0 unspecified atom stereocenters. The maximum Gasteiger partial charge on any atom is 0.220 e. The lowest BCUT2D eigenvalue weighted by molar-refractivity contribution is 0.104. The first-order valence-corrected chi connectivity index (χ1v) is 7.19. The molecule has 3 aromatic carbocycles. The van der Waals surface area contributed by atoms with Gasteiger partial charge in [-0.2, -0.15) is 0 Å².